The second kappa shape index (κ2) is 8.00. The quantitative estimate of drug-likeness (QED) is 0.451. The monoisotopic (exact) mass is 284 g/mol. The highest BCUT2D eigenvalue weighted by Gasteiger charge is 2.13. The van der Waals surface area contributed by atoms with Gasteiger partial charge in [0.15, 0.2) is 0 Å². The van der Waals surface area contributed by atoms with Gasteiger partial charge in [-0.2, -0.15) is 0 Å². The SMILES string of the molecule is CCOc1ccc(C(=O)OOOC(=O)OC(C)C)cc1. The van der Waals surface area contributed by atoms with Crippen molar-refractivity contribution in [3.05, 3.63) is 29.8 Å². The van der Waals surface area contributed by atoms with Crippen molar-refractivity contribution in [2.75, 3.05) is 6.61 Å². The number of ether oxygens (including phenoxy) is 2. The highest BCUT2D eigenvalue weighted by molar-refractivity contribution is 5.89. The summed E-state index contributed by atoms with van der Waals surface area (Å²) in [5.41, 5.74) is 0.217. The standard InChI is InChI=1S/C13H16O7/c1-4-16-11-7-5-10(6-8-11)12(14)18-20-19-13(15)17-9(2)3/h5-9H,4H2,1-3H3. The zero-order valence-corrected chi connectivity index (χ0v) is 11.5. The summed E-state index contributed by atoms with van der Waals surface area (Å²) in [6.45, 7) is 5.64. The Morgan fingerprint density at radius 2 is 1.75 bits per heavy atom. The van der Waals surface area contributed by atoms with Gasteiger partial charge in [-0.3, -0.25) is 4.89 Å². The normalized spacial score (nSPS) is 10.0. The predicted octanol–water partition coefficient (Wildman–Crippen LogP) is 2.65. The van der Waals surface area contributed by atoms with Gasteiger partial charge in [-0.15, -0.1) is 0 Å². The molecule has 0 saturated carbocycles. The highest BCUT2D eigenvalue weighted by Crippen LogP contribution is 2.13. The molecule has 0 radical (unpaired) electrons. The van der Waals surface area contributed by atoms with Gasteiger partial charge < -0.3 is 9.47 Å². The minimum Gasteiger partial charge on any atom is -0.494 e. The molecule has 7 nitrogen and oxygen atoms in total. The van der Waals surface area contributed by atoms with Crippen LogP contribution in [0.3, 0.4) is 0 Å². The molecular weight excluding hydrogens is 268 g/mol. The second-order valence-electron chi connectivity index (χ2n) is 3.90. The molecule has 0 bridgehead atoms. The van der Waals surface area contributed by atoms with Crippen molar-refractivity contribution in [1.29, 1.82) is 0 Å². The summed E-state index contributed by atoms with van der Waals surface area (Å²) in [5.74, 6) is -0.188. The third-order valence-corrected chi connectivity index (χ3v) is 1.94. The molecule has 20 heavy (non-hydrogen) atoms. The average molecular weight is 284 g/mol. The minimum atomic E-state index is -1.10. The Labute approximate surface area is 116 Å². The Morgan fingerprint density at radius 3 is 2.30 bits per heavy atom. The van der Waals surface area contributed by atoms with Crippen molar-refractivity contribution in [2.45, 2.75) is 26.9 Å². The van der Waals surface area contributed by atoms with Gasteiger partial charge in [-0.1, -0.05) is 0 Å². The van der Waals surface area contributed by atoms with Crippen LogP contribution in [-0.2, 0) is 19.6 Å². The molecule has 0 unspecified atom stereocenters. The second-order valence-corrected chi connectivity index (χ2v) is 3.90. The van der Waals surface area contributed by atoms with Crippen molar-refractivity contribution in [2.24, 2.45) is 0 Å². The Hall–Kier alpha value is -2.28. The number of carbonyl (C=O) groups is 2. The summed E-state index contributed by atoms with van der Waals surface area (Å²) in [6.07, 6.45) is -1.47. The Balaban J connectivity index is 2.37. The Kier molecular flexibility index (Phi) is 6.31. The van der Waals surface area contributed by atoms with Gasteiger partial charge in [0.05, 0.1) is 23.3 Å². The molecule has 0 aromatic heterocycles. The third-order valence-electron chi connectivity index (χ3n) is 1.94. The molecule has 0 spiro atoms. The number of hydrogen-bond donors (Lipinski definition) is 0. The lowest BCUT2D eigenvalue weighted by atomic mass is 10.2. The summed E-state index contributed by atoms with van der Waals surface area (Å²) >= 11 is 0. The lowest BCUT2D eigenvalue weighted by molar-refractivity contribution is -0.452. The summed E-state index contributed by atoms with van der Waals surface area (Å²) in [5, 5.41) is 4.03. The highest BCUT2D eigenvalue weighted by atomic mass is 17.5. The molecule has 1 rings (SSSR count). The lowest BCUT2D eigenvalue weighted by Gasteiger charge is -2.06. The maximum Gasteiger partial charge on any atom is 0.543 e. The zero-order chi connectivity index (χ0) is 15.0. The molecule has 0 fully saturated rings. The van der Waals surface area contributed by atoms with Crippen LogP contribution in [-0.4, -0.2) is 24.8 Å². The van der Waals surface area contributed by atoms with Crippen molar-refractivity contribution in [3.63, 3.8) is 0 Å². The van der Waals surface area contributed by atoms with E-state index < -0.39 is 12.1 Å². The first-order valence-electron chi connectivity index (χ1n) is 6.02. The zero-order valence-electron chi connectivity index (χ0n) is 11.5. The van der Waals surface area contributed by atoms with Crippen molar-refractivity contribution in [1.82, 2.24) is 0 Å². The molecule has 0 saturated heterocycles. The molecule has 0 amide bonds. The van der Waals surface area contributed by atoms with E-state index in [0.717, 1.165) is 0 Å². The molecule has 0 aliphatic heterocycles. The molecule has 0 aliphatic carbocycles. The van der Waals surface area contributed by atoms with E-state index >= 15 is 0 Å². The first-order valence-corrected chi connectivity index (χ1v) is 6.02. The molecule has 0 atom stereocenters. The first kappa shape index (κ1) is 15.8. The van der Waals surface area contributed by atoms with Gasteiger partial charge in [-0.05, 0) is 45.0 Å². The lowest BCUT2D eigenvalue weighted by Crippen LogP contribution is -2.15. The van der Waals surface area contributed by atoms with Crippen molar-refractivity contribution >= 4 is 12.1 Å². The predicted molar refractivity (Wildman–Crippen MR) is 66.8 cm³/mol. The maximum atomic E-state index is 11.5. The van der Waals surface area contributed by atoms with Gasteiger partial charge in [0.2, 0.25) is 0 Å². The van der Waals surface area contributed by atoms with Crippen LogP contribution in [0.15, 0.2) is 24.3 Å². The molecule has 0 heterocycles. The molecular formula is C13H16O7. The summed E-state index contributed by atoms with van der Waals surface area (Å²) in [6, 6.07) is 6.19. The van der Waals surface area contributed by atoms with E-state index in [4.69, 9.17) is 4.74 Å². The molecule has 7 heteroatoms. The molecule has 0 N–H and O–H groups in total. The maximum absolute atomic E-state index is 11.5. The van der Waals surface area contributed by atoms with E-state index in [1.54, 1.807) is 26.0 Å². The van der Waals surface area contributed by atoms with Crippen LogP contribution in [0.4, 0.5) is 4.79 Å². The van der Waals surface area contributed by atoms with Gasteiger partial charge in [-0.25, -0.2) is 14.5 Å². The van der Waals surface area contributed by atoms with E-state index in [-0.39, 0.29) is 11.7 Å². The smallest absolute Gasteiger partial charge is 0.494 e. The van der Waals surface area contributed by atoms with Crippen molar-refractivity contribution < 1.29 is 33.9 Å². The molecule has 0 aliphatic rings. The van der Waals surface area contributed by atoms with Crippen LogP contribution in [0.5, 0.6) is 5.75 Å². The van der Waals surface area contributed by atoms with Crippen LogP contribution in [0.2, 0.25) is 0 Å². The van der Waals surface area contributed by atoms with Gasteiger partial charge in [0.1, 0.15) is 5.75 Å². The number of hydrogen-bond acceptors (Lipinski definition) is 7. The van der Waals surface area contributed by atoms with E-state index in [1.165, 1.54) is 12.1 Å². The number of benzene rings is 1. The van der Waals surface area contributed by atoms with Crippen molar-refractivity contribution in [3.8, 4) is 5.75 Å². The van der Waals surface area contributed by atoms with Gasteiger partial charge >= 0.3 is 12.1 Å². The van der Waals surface area contributed by atoms with Crippen LogP contribution in [0.25, 0.3) is 0 Å². The average Bonchev–Trinajstić information content (AvgIpc) is 2.39. The summed E-state index contributed by atoms with van der Waals surface area (Å²) < 4.78 is 9.81. The van der Waals surface area contributed by atoms with E-state index in [1.807, 2.05) is 6.92 Å². The number of rotatable bonds is 6. The Bertz CT molecular complexity index is 439. The van der Waals surface area contributed by atoms with Gasteiger partial charge in [0, 0.05) is 0 Å². The summed E-state index contributed by atoms with van der Waals surface area (Å²) in [4.78, 5) is 30.8. The fraction of sp³-hybridized carbons (Fsp3) is 0.385. The van der Waals surface area contributed by atoms with Crippen LogP contribution in [0.1, 0.15) is 31.1 Å². The van der Waals surface area contributed by atoms with E-state index in [9.17, 15) is 9.59 Å². The van der Waals surface area contributed by atoms with Crippen LogP contribution in [0, 0.1) is 0 Å². The fourth-order valence-electron chi connectivity index (χ4n) is 1.19. The summed E-state index contributed by atoms with van der Waals surface area (Å²) in [7, 11) is 0. The van der Waals surface area contributed by atoms with Gasteiger partial charge in [0.25, 0.3) is 0 Å². The molecule has 110 valence electrons. The van der Waals surface area contributed by atoms with Crippen LogP contribution < -0.4 is 4.74 Å². The topological polar surface area (TPSA) is 80.3 Å². The first-order chi connectivity index (χ1) is 9.52. The Morgan fingerprint density at radius 1 is 1.10 bits per heavy atom. The van der Waals surface area contributed by atoms with E-state index in [0.29, 0.717) is 12.4 Å². The van der Waals surface area contributed by atoms with Crippen LogP contribution >= 0.6 is 0 Å². The molecule has 1 aromatic rings. The van der Waals surface area contributed by atoms with E-state index in [2.05, 4.69) is 19.6 Å². The fourth-order valence-corrected chi connectivity index (χ4v) is 1.19. The minimum absolute atomic E-state index is 0.217. The largest absolute Gasteiger partial charge is 0.543 e. The third kappa shape index (κ3) is 5.57. The number of carbonyl (C=O) groups excluding carboxylic acids is 2. The molecule has 1 aromatic carbocycles.